The molecule has 0 saturated heterocycles. The highest BCUT2D eigenvalue weighted by molar-refractivity contribution is 5.83. The van der Waals surface area contributed by atoms with Crippen LogP contribution in [0.4, 0.5) is 0 Å². The molecule has 1 saturated carbocycles. The van der Waals surface area contributed by atoms with E-state index in [0.717, 1.165) is 12.8 Å². The lowest BCUT2D eigenvalue weighted by atomic mass is 9.87. The van der Waals surface area contributed by atoms with Crippen LogP contribution in [0, 0.1) is 5.92 Å². The lowest BCUT2D eigenvalue weighted by Gasteiger charge is -2.20. The molecule has 1 fully saturated rings. The maximum atomic E-state index is 11.3. The molecule has 4 nitrogen and oxygen atoms in total. The molecule has 3 N–H and O–H groups in total. The second-order valence-electron chi connectivity index (χ2n) is 3.95. The number of carbonyl (C=O) groups is 2. The Kier molecular flexibility index (Phi) is 4.43. The Hall–Kier alpha value is -1.06. The molecule has 0 unspecified atom stereocenters. The topological polar surface area (TPSA) is 72.2 Å². The maximum Gasteiger partial charge on any atom is 0.236 e. The smallest absolute Gasteiger partial charge is 0.236 e. The van der Waals surface area contributed by atoms with Gasteiger partial charge in [-0.2, -0.15) is 0 Å². The predicted molar refractivity (Wildman–Crippen MR) is 53.4 cm³/mol. The number of carbonyl (C=O) groups excluding carboxylic acids is 2. The zero-order valence-corrected chi connectivity index (χ0v) is 8.42. The van der Waals surface area contributed by atoms with Gasteiger partial charge in [-0.1, -0.05) is 19.3 Å². The monoisotopic (exact) mass is 198 g/mol. The van der Waals surface area contributed by atoms with E-state index in [1.54, 1.807) is 0 Å². The van der Waals surface area contributed by atoms with Crippen molar-refractivity contribution in [3.8, 4) is 0 Å². The van der Waals surface area contributed by atoms with E-state index in [9.17, 15) is 9.59 Å². The van der Waals surface area contributed by atoms with Gasteiger partial charge in [0.1, 0.15) is 0 Å². The molecule has 0 bridgehead atoms. The summed E-state index contributed by atoms with van der Waals surface area (Å²) in [6, 6.07) is 0. The lowest BCUT2D eigenvalue weighted by molar-refractivity contribution is -0.125. The number of hydrogen-bond donors (Lipinski definition) is 2. The first-order valence-corrected chi connectivity index (χ1v) is 5.23. The molecule has 0 heterocycles. The van der Waals surface area contributed by atoms with Gasteiger partial charge < -0.3 is 11.1 Å². The minimum Gasteiger partial charge on any atom is -0.368 e. The number of hydrogen-bond acceptors (Lipinski definition) is 2. The molecule has 4 heteroatoms. The quantitative estimate of drug-likeness (QED) is 0.692. The number of nitrogens with one attached hydrogen (secondary N) is 1. The standard InChI is InChI=1S/C10H18N2O2/c11-9(13)7-12-10(14)6-8-4-2-1-3-5-8/h8H,1-7H2,(H2,11,13)(H,12,14). The molecule has 14 heavy (non-hydrogen) atoms. The molecule has 0 aliphatic heterocycles. The molecule has 0 atom stereocenters. The molecule has 1 rings (SSSR count). The first-order chi connectivity index (χ1) is 6.68. The van der Waals surface area contributed by atoms with Crippen LogP contribution >= 0.6 is 0 Å². The van der Waals surface area contributed by atoms with Crippen molar-refractivity contribution in [1.29, 1.82) is 0 Å². The van der Waals surface area contributed by atoms with Crippen molar-refractivity contribution in [1.82, 2.24) is 5.32 Å². The van der Waals surface area contributed by atoms with Crippen LogP contribution < -0.4 is 11.1 Å². The fourth-order valence-corrected chi connectivity index (χ4v) is 1.91. The number of nitrogens with two attached hydrogens (primary N) is 1. The Balaban J connectivity index is 2.15. The van der Waals surface area contributed by atoms with E-state index < -0.39 is 5.91 Å². The highest BCUT2D eigenvalue weighted by atomic mass is 16.2. The maximum absolute atomic E-state index is 11.3. The van der Waals surface area contributed by atoms with E-state index in [1.807, 2.05) is 0 Å². The first kappa shape index (κ1) is 11.0. The van der Waals surface area contributed by atoms with Crippen LogP contribution in [0.2, 0.25) is 0 Å². The van der Waals surface area contributed by atoms with Crippen molar-refractivity contribution in [3.63, 3.8) is 0 Å². The van der Waals surface area contributed by atoms with Crippen LogP contribution in [0.3, 0.4) is 0 Å². The summed E-state index contributed by atoms with van der Waals surface area (Å²) in [4.78, 5) is 21.7. The average Bonchev–Trinajstić information content (AvgIpc) is 2.16. The van der Waals surface area contributed by atoms with Crippen molar-refractivity contribution >= 4 is 11.8 Å². The van der Waals surface area contributed by atoms with Crippen molar-refractivity contribution in [2.75, 3.05) is 6.54 Å². The van der Waals surface area contributed by atoms with Crippen LogP contribution in [0.25, 0.3) is 0 Å². The van der Waals surface area contributed by atoms with Gasteiger partial charge in [-0.25, -0.2) is 0 Å². The Morgan fingerprint density at radius 2 is 1.86 bits per heavy atom. The third-order valence-corrected chi connectivity index (χ3v) is 2.66. The van der Waals surface area contributed by atoms with Gasteiger partial charge in [-0.15, -0.1) is 0 Å². The molecule has 0 aromatic heterocycles. The minimum absolute atomic E-state index is 0.0362. The summed E-state index contributed by atoms with van der Waals surface area (Å²) in [7, 11) is 0. The molecule has 0 spiro atoms. The van der Waals surface area contributed by atoms with Gasteiger partial charge in [0, 0.05) is 6.42 Å². The van der Waals surface area contributed by atoms with Gasteiger partial charge in [-0.3, -0.25) is 9.59 Å². The van der Waals surface area contributed by atoms with Crippen LogP contribution in [0.1, 0.15) is 38.5 Å². The summed E-state index contributed by atoms with van der Waals surface area (Å²) in [5, 5.41) is 2.52. The zero-order valence-electron chi connectivity index (χ0n) is 8.42. The van der Waals surface area contributed by atoms with Gasteiger partial charge in [0.05, 0.1) is 6.54 Å². The molecule has 0 radical (unpaired) electrons. The van der Waals surface area contributed by atoms with Crippen LogP contribution in [0.15, 0.2) is 0 Å². The average molecular weight is 198 g/mol. The van der Waals surface area contributed by atoms with Gasteiger partial charge in [0.15, 0.2) is 0 Å². The molecular weight excluding hydrogens is 180 g/mol. The Morgan fingerprint density at radius 1 is 1.21 bits per heavy atom. The van der Waals surface area contributed by atoms with E-state index in [-0.39, 0.29) is 12.5 Å². The highest BCUT2D eigenvalue weighted by Crippen LogP contribution is 2.25. The summed E-state index contributed by atoms with van der Waals surface area (Å²) in [6.45, 7) is -0.0362. The van der Waals surface area contributed by atoms with E-state index in [0.29, 0.717) is 12.3 Å². The minimum atomic E-state index is -0.484. The van der Waals surface area contributed by atoms with E-state index in [2.05, 4.69) is 5.32 Å². The van der Waals surface area contributed by atoms with Crippen LogP contribution in [-0.4, -0.2) is 18.4 Å². The molecule has 2 amide bonds. The van der Waals surface area contributed by atoms with Crippen molar-refractivity contribution in [2.24, 2.45) is 11.7 Å². The number of rotatable bonds is 4. The van der Waals surface area contributed by atoms with Crippen molar-refractivity contribution in [3.05, 3.63) is 0 Å². The largest absolute Gasteiger partial charge is 0.368 e. The summed E-state index contributed by atoms with van der Waals surface area (Å²) < 4.78 is 0. The van der Waals surface area contributed by atoms with Crippen LogP contribution in [0.5, 0.6) is 0 Å². The van der Waals surface area contributed by atoms with Crippen LogP contribution in [-0.2, 0) is 9.59 Å². The predicted octanol–water partition coefficient (Wildman–Crippen LogP) is 0.558. The number of primary amides is 1. The Labute approximate surface area is 84.2 Å². The van der Waals surface area contributed by atoms with E-state index >= 15 is 0 Å². The third-order valence-electron chi connectivity index (χ3n) is 2.66. The molecule has 1 aliphatic carbocycles. The van der Waals surface area contributed by atoms with Gasteiger partial charge in [-0.05, 0) is 18.8 Å². The fraction of sp³-hybridized carbons (Fsp3) is 0.800. The molecule has 0 aromatic carbocycles. The first-order valence-electron chi connectivity index (χ1n) is 5.23. The molecule has 0 aromatic rings. The Morgan fingerprint density at radius 3 is 2.43 bits per heavy atom. The summed E-state index contributed by atoms with van der Waals surface area (Å²) >= 11 is 0. The lowest BCUT2D eigenvalue weighted by Crippen LogP contribution is -2.34. The van der Waals surface area contributed by atoms with E-state index in [1.165, 1.54) is 19.3 Å². The normalized spacial score (nSPS) is 17.7. The second kappa shape index (κ2) is 5.62. The molecule has 1 aliphatic rings. The highest BCUT2D eigenvalue weighted by Gasteiger charge is 2.16. The van der Waals surface area contributed by atoms with Crippen molar-refractivity contribution < 1.29 is 9.59 Å². The third kappa shape index (κ3) is 4.25. The summed E-state index contributed by atoms with van der Waals surface area (Å²) in [5.41, 5.74) is 4.92. The second-order valence-corrected chi connectivity index (χ2v) is 3.95. The van der Waals surface area contributed by atoms with Crippen molar-refractivity contribution in [2.45, 2.75) is 38.5 Å². The zero-order chi connectivity index (χ0) is 10.4. The fourth-order valence-electron chi connectivity index (χ4n) is 1.91. The summed E-state index contributed by atoms with van der Waals surface area (Å²) in [6.07, 6.45) is 6.59. The Bertz CT molecular complexity index is 210. The SMILES string of the molecule is NC(=O)CNC(=O)CC1CCCCC1. The van der Waals surface area contributed by atoms with Gasteiger partial charge in [0.25, 0.3) is 0 Å². The molecular formula is C10H18N2O2. The number of amides is 2. The van der Waals surface area contributed by atoms with E-state index in [4.69, 9.17) is 5.73 Å². The summed E-state index contributed by atoms with van der Waals surface area (Å²) in [5.74, 6) is -0.0191. The molecule has 80 valence electrons. The van der Waals surface area contributed by atoms with Gasteiger partial charge in [0.2, 0.25) is 11.8 Å². The van der Waals surface area contributed by atoms with Gasteiger partial charge >= 0.3 is 0 Å².